The Bertz CT molecular complexity index is 498. The summed E-state index contributed by atoms with van der Waals surface area (Å²) in [6, 6.07) is 10.0. The standard InChI is InChI=1S/C16H21NO4/c1-12-9-17(15(18)19)16(11-21-12)7-14(8-16)20-10-13-5-3-2-4-6-13/h2-6,12,14H,7-11H2,1H3,(H,18,19)/t12?,14-,16-. The summed E-state index contributed by atoms with van der Waals surface area (Å²) in [7, 11) is 0. The number of amides is 1. The van der Waals surface area contributed by atoms with Crippen molar-refractivity contribution < 1.29 is 19.4 Å². The summed E-state index contributed by atoms with van der Waals surface area (Å²) in [5.41, 5.74) is 0.765. The molecule has 0 aromatic heterocycles. The predicted molar refractivity (Wildman–Crippen MR) is 77.1 cm³/mol. The molecule has 2 fully saturated rings. The van der Waals surface area contributed by atoms with Gasteiger partial charge in [0.25, 0.3) is 0 Å². The zero-order valence-electron chi connectivity index (χ0n) is 12.2. The van der Waals surface area contributed by atoms with Gasteiger partial charge in [-0.1, -0.05) is 30.3 Å². The van der Waals surface area contributed by atoms with E-state index in [2.05, 4.69) is 0 Å². The number of hydrogen-bond acceptors (Lipinski definition) is 3. The van der Waals surface area contributed by atoms with Gasteiger partial charge in [-0.15, -0.1) is 0 Å². The fourth-order valence-corrected chi connectivity index (χ4v) is 3.19. The number of carbonyl (C=O) groups is 1. The van der Waals surface area contributed by atoms with Crippen molar-refractivity contribution in [2.75, 3.05) is 13.2 Å². The molecule has 5 heteroatoms. The third kappa shape index (κ3) is 2.89. The first-order chi connectivity index (χ1) is 10.1. The lowest BCUT2D eigenvalue weighted by Crippen LogP contribution is -2.68. The van der Waals surface area contributed by atoms with Crippen LogP contribution in [0.4, 0.5) is 4.79 Å². The maximum Gasteiger partial charge on any atom is 0.407 e. The highest BCUT2D eigenvalue weighted by molar-refractivity contribution is 5.66. The quantitative estimate of drug-likeness (QED) is 0.929. The molecule has 1 aromatic rings. The van der Waals surface area contributed by atoms with Crippen LogP contribution in [0, 0.1) is 0 Å². The lowest BCUT2D eigenvalue weighted by atomic mass is 9.72. The molecule has 2 aliphatic rings. The van der Waals surface area contributed by atoms with Gasteiger partial charge in [0.15, 0.2) is 0 Å². The number of morpholine rings is 1. The van der Waals surface area contributed by atoms with Crippen LogP contribution in [-0.4, -0.2) is 47.0 Å². The fraction of sp³-hybridized carbons (Fsp3) is 0.562. The van der Waals surface area contributed by atoms with Crippen LogP contribution in [0.2, 0.25) is 0 Å². The molecule has 1 aliphatic heterocycles. The van der Waals surface area contributed by atoms with Gasteiger partial charge in [0, 0.05) is 0 Å². The largest absolute Gasteiger partial charge is 0.465 e. The van der Waals surface area contributed by atoms with Crippen LogP contribution in [-0.2, 0) is 16.1 Å². The predicted octanol–water partition coefficient (Wildman–Crippen LogP) is 2.50. The molecule has 1 aliphatic carbocycles. The van der Waals surface area contributed by atoms with E-state index >= 15 is 0 Å². The van der Waals surface area contributed by atoms with E-state index in [0.717, 1.165) is 18.4 Å². The van der Waals surface area contributed by atoms with Gasteiger partial charge in [-0.3, -0.25) is 4.90 Å². The molecule has 1 heterocycles. The third-order valence-corrected chi connectivity index (χ3v) is 4.42. The minimum Gasteiger partial charge on any atom is -0.465 e. The van der Waals surface area contributed by atoms with Crippen LogP contribution in [0.25, 0.3) is 0 Å². The summed E-state index contributed by atoms with van der Waals surface area (Å²) < 4.78 is 11.5. The zero-order valence-corrected chi connectivity index (χ0v) is 12.2. The van der Waals surface area contributed by atoms with Crippen molar-refractivity contribution in [1.29, 1.82) is 0 Å². The van der Waals surface area contributed by atoms with Gasteiger partial charge < -0.3 is 14.6 Å². The summed E-state index contributed by atoms with van der Waals surface area (Å²) in [4.78, 5) is 13.0. The molecular formula is C16H21NO4. The first-order valence-electron chi connectivity index (χ1n) is 7.37. The van der Waals surface area contributed by atoms with Crippen molar-refractivity contribution in [2.45, 2.75) is 44.1 Å². The molecule has 1 aromatic carbocycles. The number of carboxylic acid groups (broad SMARTS) is 1. The average molecular weight is 291 g/mol. The molecule has 1 unspecified atom stereocenters. The Kier molecular flexibility index (Phi) is 3.87. The highest BCUT2D eigenvalue weighted by Gasteiger charge is 2.53. The van der Waals surface area contributed by atoms with Gasteiger partial charge in [0.2, 0.25) is 0 Å². The molecule has 3 rings (SSSR count). The lowest BCUT2D eigenvalue weighted by molar-refractivity contribution is -0.173. The maximum absolute atomic E-state index is 11.4. The Morgan fingerprint density at radius 2 is 2.14 bits per heavy atom. The molecule has 1 N–H and O–H groups in total. The maximum atomic E-state index is 11.4. The van der Waals surface area contributed by atoms with Crippen LogP contribution in [0.15, 0.2) is 30.3 Å². The van der Waals surface area contributed by atoms with E-state index in [0.29, 0.717) is 19.8 Å². The molecule has 0 radical (unpaired) electrons. The molecule has 21 heavy (non-hydrogen) atoms. The first kappa shape index (κ1) is 14.4. The minimum atomic E-state index is -0.855. The molecule has 1 saturated carbocycles. The SMILES string of the molecule is CC1CN(C(=O)O)[C@]2(CO1)C[C@@H](OCc1ccccc1)C2. The molecule has 1 amide bonds. The van der Waals surface area contributed by atoms with Crippen LogP contribution in [0.1, 0.15) is 25.3 Å². The summed E-state index contributed by atoms with van der Waals surface area (Å²) in [5, 5.41) is 9.38. The van der Waals surface area contributed by atoms with Crippen molar-refractivity contribution in [1.82, 2.24) is 4.90 Å². The fourth-order valence-electron chi connectivity index (χ4n) is 3.19. The summed E-state index contributed by atoms with van der Waals surface area (Å²) >= 11 is 0. The number of benzene rings is 1. The van der Waals surface area contributed by atoms with Crippen molar-refractivity contribution in [3.8, 4) is 0 Å². The molecule has 5 nitrogen and oxygen atoms in total. The van der Waals surface area contributed by atoms with E-state index in [1.165, 1.54) is 0 Å². The molecule has 0 bridgehead atoms. The molecule has 114 valence electrons. The normalized spacial score (nSPS) is 32.0. The van der Waals surface area contributed by atoms with E-state index < -0.39 is 6.09 Å². The summed E-state index contributed by atoms with van der Waals surface area (Å²) in [6.07, 6.45) is 0.671. The van der Waals surface area contributed by atoms with Gasteiger partial charge in [-0.25, -0.2) is 4.79 Å². The van der Waals surface area contributed by atoms with E-state index in [-0.39, 0.29) is 17.7 Å². The van der Waals surface area contributed by atoms with E-state index in [9.17, 15) is 9.90 Å². The number of rotatable bonds is 3. The molecular weight excluding hydrogens is 270 g/mol. The Morgan fingerprint density at radius 1 is 1.43 bits per heavy atom. The Labute approximate surface area is 124 Å². The first-order valence-corrected chi connectivity index (χ1v) is 7.37. The topological polar surface area (TPSA) is 59.0 Å². The van der Waals surface area contributed by atoms with Gasteiger partial charge in [0.05, 0.1) is 37.5 Å². The number of hydrogen-bond donors (Lipinski definition) is 1. The highest BCUT2D eigenvalue weighted by Crippen LogP contribution is 2.42. The van der Waals surface area contributed by atoms with Gasteiger partial charge in [0.1, 0.15) is 0 Å². The Hall–Kier alpha value is -1.59. The lowest BCUT2D eigenvalue weighted by Gasteiger charge is -2.55. The van der Waals surface area contributed by atoms with Crippen molar-refractivity contribution in [3.63, 3.8) is 0 Å². The van der Waals surface area contributed by atoms with Crippen molar-refractivity contribution >= 4 is 6.09 Å². The third-order valence-electron chi connectivity index (χ3n) is 4.42. The second kappa shape index (κ2) is 5.66. The summed E-state index contributed by atoms with van der Waals surface area (Å²) in [6.45, 7) is 3.41. The van der Waals surface area contributed by atoms with E-state index in [1.54, 1.807) is 4.90 Å². The van der Waals surface area contributed by atoms with Crippen molar-refractivity contribution in [2.24, 2.45) is 0 Å². The minimum absolute atomic E-state index is 0.0315. The van der Waals surface area contributed by atoms with Crippen molar-refractivity contribution in [3.05, 3.63) is 35.9 Å². The Morgan fingerprint density at radius 3 is 2.81 bits per heavy atom. The second-order valence-corrected chi connectivity index (χ2v) is 6.07. The van der Waals surface area contributed by atoms with Gasteiger partial charge in [-0.05, 0) is 25.3 Å². The highest BCUT2D eigenvalue weighted by atomic mass is 16.5. The molecule has 1 atom stereocenters. The average Bonchev–Trinajstić information content (AvgIpc) is 2.45. The van der Waals surface area contributed by atoms with Crippen LogP contribution in [0.5, 0.6) is 0 Å². The van der Waals surface area contributed by atoms with Gasteiger partial charge >= 0.3 is 6.09 Å². The number of ether oxygens (including phenoxy) is 2. The molecule has 1 spiro atoms. The smallest absolute Gasteiger partial charge is 0.407 e. The number of nitrogens with zero attached hydrogens (tertiary/aromatic N) is 1. The van der Waals surface area contributed by atoms with E-state index in [4.69, 9.17) is 9.47 Å². The van der Waals surface area contributed by atoms with Gasteiger partial charge in [-0.2, -0.15) is 0 Å². The zero-order chi connectivity index (χ0) is 14.9. The molecule has 1 saturated heterocycles. The monoisotopic (exact) mass is 291 g/mol. The van der Waals surface area contributed by atoms with E-state index in [1.807, 2.05) is 37.3 Å². The van der Waals surface area contributed by atoms with Crippen LogP contribution >= 0.6 is 0 Å². The Balaban J connectivity index is 1.55. The van der Waals surface area contributed by atoms with Crippen LogP contribution < -0.4 is 0 Å². The van der Waals surface area contributed by atoms with Crippen LogP contribution in [0.3, 0.4) is 0 Å². The summed E-state index contributed by atoms with van der Waals surface area (Å²) in [5.74, 6) is 0. The second-order valence-electron chi connectivity index (χ2n) is 6.07.